The summed E-state index contributed by atoms with van der Waals surface area (Å²) in [6.07, 6.45) is 0. The van der Waals surface area contributed by atoms with Crippen molar-refractivity contribution in [3.63, 3.8) is 0 Å². The van der Waals surface area contributed by atoms with Crippen LogP contribution >= 0.6 is 0 Å². The molecule has 1 aliphatic rings. The molecule has 0 aromatic carbocycles. The lowest BCUT2D eigenvalue weighted by atomic mass is 9.37. The van der Waals surface area contributed by atoms with Gasteiger partial charge in [-0.15, -0.1) is 0 Å². The summed E-state index contributed by atoms with van der Waals surface area (Å²) < 4.78 is 0. The van der Waals surface area contributed by atoms with E-state index in [-0.39, 0.29) is 0 Å². The highest BCUT2D eigenvalue weighted by Crippen LogP contribution is 2.69. The first-order valence-electron chi connectivity index (χ1n) is 6.65. The van der Waals surface area contributed by atoms with Gasteiger partial charge in [-0.1, -0.05) is 69.2 Å². The molecule has 1 radical (unpaired) electrons. The van der Waals surface area contributed by atoms with Gasteiger partial charge in [0.25, 0.3) is 0 Å². The predicted octanol–water partition coefficient (Wildman–Crippen LogP) is 5.34. The lowest BCUT2D eigenvalue weighted by Crippen LogP contribution is -2.60. The summed E-state index contributed by atoms with van der Waals surface area (Å²) in [4.78, 5) is 0. The van der Waals surface area contributed by atoms with Gasteiger partial charge in [-0.05, 0) is 33.5 Å². The van der Waals surface area contributed by atoms with Gasteiger partial charge in [0.15, 0.2) is 0 Å². The van der Waals surface area contributed by atoms with Crippen LogP contribution in [0.4, 0.5) is 0 Å². The fourth-order valence-electron chi connectivity index (χ4n) is 3.73. The zero-order chi connectivity index (χ0) is 13.2. The Morgan fingerprint density at radius 2 is 0.938 bits per heavy atom. The Balaban J connectivity index is 3.39. The van der Waals surface area contributed by atoms with Gasteiger partial charge in [-0.25, -0.2) is 0 Å². The van der Waals surface area contributed by atoms with E-state index >= 15 is 0 Å². The third-order valence-corrected chi connectivity index (χ3v) is 7.26. The fraction of sp³-hybridized carbons (Fsp3) is 0.938. The van der Waals surface area contributed by atoms with Crippen LogP contribution in [0.3, 0.4) is 0 Å². The molecule has 1 fully saturated rings. The van der Waals surface area contributed by atoms with Crippen molar-refractivity contribution in [2.45, 2.75) is 69.2 Å². The minimum absolute atomic E-state index is 0.311. The maximum Gasteiger partial charge on any atom is -0.0149 e. The molecule has 1 rings (SSSR count). The Bertz CT molecular complexity index is 220. The fourth-order valence-corrected chi connectivity index (χ4v) is 3.73. The highest BCUT2D eigenvalue weighted by Gasteiger charge is 2.62. The summed E-state index contributed by atoms with van der Waals surface area (Å²) in [5, 5.41) is 0. The first-order chi connectivity index (χ1) is 6.81. The van der Waals surface area contributed by atoms with Gasteiger partial charge < -0.3 is 0 Å². The van der Waals surface area contributed by atoms with Gasteiger partial charge in [0.1, 0.15) is 0 Å². The molecule has 1 saturated carbocycles. The molecule has 0 spiro atoms. The third-order valence-electron chi connectivity index (χ3n) is 7.26. The van der Waals surface area contributed by atoms with Crippen LogP contribution in [0.5, 0.6) is 0 Å². The molecule has 0 saturated heterocycles. The second kappa shape index (κ2) is 3.27. The van der Waals surface area contributed by atoms with E-state index in [0.717, 1.165) is 0 Å². The quantitative estimate of drug-likeness (QED) is 0.520. The molecule has 0 atom stereocenters. The zero-order valence-corrected chi connectivity index (χ0v) is 13.1. The molecule has 0 heterocycles. The molecule has 0 bridgehead atoms. The molecule has 0 amide bonds. The summed E-state index contributed by atoms with van der Waals surface area (Å²) in [5.74, 6) is 2.38. The van der Waals surface area contributed by atoms with Crippen LogP contribution in [0.2, 0.25) is 0 Å². The van der Waals surface area contributed by atoms with Gasteiger partial charge in [-0.3, -0.25) is 0 Å². The molecule has 0 N–H and O–H groups in total. The van der Waals surface area contributed by atoms with Crippen LogP contribution in [0.15, 0.2) is 0 Å². The van der Waals surface area contributed by atoms with Crippen molar-refractivity contribution in [3.8, 4) is 0 Å². The van der Waals surface area contributed by atoms with Crippen molar-refractivity contribution in [1.82, 2.24) is 0 Å². The second-order valence-electron chi connectivity index (χ2n) is 8.04. The average molecular weight is 223 g/mol. The number of rotatable bonds is 0. The minimum Gasteiger partial charge on any atom is -0.0614 e. The van der Waals surface area contributed by atoms with Gasteiger partial charge in [0, 0.05) is 0 Å². The van der Waals surface area contributed by atoms with Crippen molar-refractivity contribution in [2.24, 2.45) is 27.6 Å². The smallest absolute Gasteiger partial charge is 0.0149 e. The summed E-state index contributed by atoms with van der Waals surface area (Å²) in [5.41, 5.74) is 1.34. The van der Waals surface area contributed by atoms with E-state index in [1.54, 1.807) is 5.92 Å². The molecular weight excluding hydrogens is 192 g/mol. The van der Waals surface area contributed by atoms with Crippen molar-refractivity contribution in [3.05, 3.63) is 5.92 Å². The molecule has 0 aliphatic heterocycles. The highest BCUT2D eigenvalue weighted by molar-refractivity contribution is 5.23. The first kappa shape index (κ1) is 14.1. The summed E-state index contributed by atoms with van der Waals surface area (Å²) in [6, 6.07) is 0. The topological polar surface area (TPSA) is 0 Å². The standard InChI is InChI=1S/C16H31/c1-11-13(3,4)15(7,8)12(2)16(9,10)14(11,5)6/h11H,1-10H3. The Labute approximate surface area is 103 Å². The van der Waals surface area contributed by atoms with E-state index in [1.807, 2.05) is 0 Å². The highest BCUT2D eigenvalue weighted by atomic mass is 14.7. The number of hydrogen-bond donors (Lipinski definition) is 0. The van der Waals surface area contributed by atoms with E-state index in [0.29, 0.717) is 27.6 Å². The van der Waals surface area contributed by atoms with Crippen LogP contribution in [-0.2, 0) is 0 Å². The molecule has 95 valence electrons. The molecule has 16 heavy (non-hydrogen) atoms. The molecule has 0 aromatic heterocycles. The third kappa shape index (κ3) is 1.34. The van der Waals surface area contributed by atoms with Gasteiger partial charge in [0.2, 0.25) is 0 Å². The zero-order valence-electron chi connectivity index (χ0n) is 13.1. The van der Waals surface area contributed by atoms with E-state index in [1.165, 1.54) is 0 Å². The lowest BCUT2D eigenvalue weighted by Gasteiger charge is -2.67. The van der Waals surface area contributed by atoms with Gasteiger partial charge >= 0.3 is 0 Å². The summed E-state index contributed by atoms with van der Waals surface area (Å²) in [7, 11) is 0. The first-order valence-corrected chi connectivity index (χ1v) is 6.65. The summed E-state index contributed by atoms with van der Waals surface area (Å²) >= 11 is 0. The second-order valence-corrected chi connectivity index (χ2v) is 8.04. The van der Waals surface area contributed by atoms with Crippen molar-refractivity contribution < 1.29 is 0 Å². The van der Waals surface area contributed by atoms with E-state index in [9.17, 15) is 0 Å². The largest absolute Gasteiger partial charge is 0.0614 e. The maximum atomic E-state index is 2.44. The van der Waals surface area contributed by atoms with Crippen LogP contribution in [0.25, 0.3) is 0 Å². The monoisotopic (exact) mass is 223 g/mol. The maximum absolute atomic E-state index is 2.44. The predicted molar refractivity (Wildman–Crippen MR) is 73.2 cm³/mol. The average Bonchev–Trinajstić information content (AvgIpc) is 2.13. The Kier molecular flexibility index (Phi) is 2.87. The minimum atomic E-state index is 0.311. The van der Waals surface area contributed by atoms with Crippen molar-refractivity contribution in [2.75, 3.05) is 0 Å². The van der Waals surface area contributed by atoms with Crippen molar-refractivity contribution in [1.29, 1.82) is 0 Å². The van der Waals surface area contributed by atoms with E-state index in [2.05, 4.69) is 69.2 Å². The van der Waals surface area contributed by atoms with Gasteiger partial charge in [-0.2, -0.15) is 0 Å². The Morgan fingerprint density at radius 3 is 1.19 bits per heavy atom. The molecule has 0 aromatic rings. The van der Waals surface area contributed by atoms with Crippen molar-refractivity contribution >= 4 is 0 Å². The number of hydrogen-bond acceptors (Lipinski definition) is 0. The lowest BCUT2D eigenvalue weighted by molar-refractivity contribution is -0.126. The van der Waals surface area contributed by atoms with Crippen LogP contribution < -0.4 is 0 Å². The summed E-state index contributed by atoms with van der Waals surface area (Å²) in [6.45, 7) is 24.3. The molecule has 0 nitrogen and oxygen atoms in total. The van der Waals surface area contributed by atoms with E-state index in [4.69, 9.17) is 0 Å². The molecular formula is C16H31. The normalized spacial score (nSPS) is 32.6. The SMILES string of the molecule is C[C]1C(C)(C)C(C)(C)C(C)C(C)(C)C1(C)C. The Morgan fingerprint density at radius 1 is 0.688 bits per heavy atom. The molecule has 0 heteroatoms. The Hall–Kier alpha value is 0. The van der Waals surface area contributed by atoms with Crippen LogP contribution in [-0.4, -0.2) is 0 Å². The van der Waals surface area contributed by atoms with Crippen LogP contribution in [0.1, 0.15) is 69.2 Å². The van der Waals surface area contributed by atoms with E-state index < -0.39 is 0 Å². The molecule has 0 unspecified atom stereocenters. The van der Waals surface area contributed by atoms with Gasteiger partial charge in [0.05, 0.1) is 0 Å². The molecule has 1 aliphatic carbocycles. The van der Waals surface area contributed by atoms with Crippen LogP contribution in [0, 0.1) is 33.5 Å².